The number of hydrogen-bond acceptors (Lipinski definition) is 4. The summed E-state index contributed by atoms with van der Waals surface area (Å²) in [7, 11) is 0. The quantitative estimate of drug-likeness (QED) is 0.647. The highest BCUT2D eigenvalue weighted by atomic mass is 19.4. The Morgan fingerprint density at radius 1 is 1.41 bits per heavy atom. The largest absolute Gasteiger partial charge is 0.522 e. The molecule has 17 heavy (non-hydrogen) atoms. The van der Waals surface area contributed by atoms with Crippen LogP contribution in [0.1, 0.15) is 19.8 Å². The average Bonchev–Trinajstić information content (AvgIpc) is 2.97. The van der Waals surface area contributed by atoms with Gasteiger partial charge in [-0.25, -0.2) is 0 Å². The Labute approximate surface area is 97.7 Å². The van der Waals surface area contributed by atoms with E-state index < -0.39 is 18.9 Å². The van der Waals surface area contributed by atoms with E-state index in [0.717, 1.165) is 12.8 Å². The zero-order chi connectivity index (χ0) is 12.9. The first-order valence-electron chi connectivity index (χ1n) is 5.52. The number of ether oxygens (including phenoxy) is 2. The van der Waals surface area contributed by atoms with Crippen molar-refractivity contribution >= 4 is 5.97 Å². The van der Waals surface area contributed by atoms with E-state index in [9.17, 15) is 18.0 Å². The van der Waals surface area contributed by atoms with Crippen molar-refractivity contribution in [3.05, 3.63) is 0 Å². The molecule has 1 saturated carbocycles. The molecule has 1 aliphatic carbocycles. The Bertz CT molecular complexity index is 254. The molecule has 1 fully saturated rings. The fraction of sp³-hybridized carbons (Fsp3) is 0.900. The lowest BCUT2D eigenvalue weighted by Gasteiger charge is -2.20. The molecule has 0 aromatic rings. The molecule has 0 unspecified atom stereocenters. The lowest BCUT2D eigenvalue weighted by Crippen LogP contribution is -2.36. The van der Waals surface area contributed by atoms with Gasteiger partial charge in [-0.2, -0.15) is 0 Å². The van der Waals surface area contributed by atoms with E-state index in [1.54, 1.807) is 11.8 Å². The maximum Gasteiger partial charge on any atom is 0.522 e. The summed E-state index contributed by atoms with van der Waals surface area (Å²) in [5.74, 6) is -0.411. The molecule has 0 atom stereocenters. The molecule has 0 aromatic heterocycles. The second-order valence-corrected chi connectivity index (χ2v) is 3.80. The summed E-state index contributed by atoms with van der Waals surface area (Å²) in [6.07, 6.45) is -2.80. The van der Waals surface area contributed by atoms with Gasteiger partial charge in [-0.3, -0.25) is 14.4 Å². The van der Waals surface area contributed by atoms with Gasteiger partial charge >= 0.3 is 12.3 Å². The van der Waals surface area contributed by atoms with Gasteiger partial charge in [0, 0.05) is 12.6 Å². The van der Waals surface area contributed by atoms with Gasteiger partial charge in [0.1, 0.15) is 0 Å². The van der Waals surface area contributed by atoms with E-state index in [4.69, 9.17) is 4.74 Å². The number of alkyl halides is 3. The molecule has 100 valence electrons. The maximum atomic E-state index is 11.8. The molecule has 0 radical (unpaired) electrons. The third-order valence-corrected chi connectivity index (χ3v) is 2.35. The van der Waals surface area contributed by atoms with Gasteiger partial charge in [-0.15, -0.1) is 13.2 Å². The molecule has 4 nitrogen and oxygen atoms in total. The predicted molar refractivity (Wildman–Crippen MR) is 53.2 cm³/mol. The summed E-state index contributed by atoms with van der Waals surface area (Å²) >= 11 is 0. The van der Waals surface area contributed by atoms with Crippen LogP contribution in [0.3, 0.4) is 0 Å². The van der Waals surface area contributed by atoms with Crippen molar-refractivity contribution < 1.29 is 27.4 Å². The normalized spacial score (nSPS) is 16.3. The third kappa shape index (κ3) is 6.48. The topological polar surface area (TPSA) is 38.8 Å². The SMILES string of the molecule is CCOC(=O)CN(CCOC(F)(F)F)C1CC1. The van der Waals surface area contributed by atoms with E-state index >= 15 is 0 Å². The minimum Gasteiger partial charge on any atom is -0.465 e. The lowest BCUT2D eigenvalue weighted by molar-refractivity contribution is -0.325. The minimum atomic E-state index is -4.61. The summed E-state index contributed by atoms with van der Waals surface area (Å²) in [4.78, 5) is 12.9. The zero-order valence-electron chi connectivity index (χ0n) is 9.63. The van der Waals surface area contributed by atoms with Crippen LogP contribution >= 0.6 is 0 Å². The molecule has 0 spiro atoms. The number of nitrogens with zero attached hydrogens (tertiary/aromatic N) is 1. The van der Waals surface area contributed by atoms with Crippen molar-refractivity contribution in [3.63, 3.8) is 0 Å². The number of rotatable bonds is 7. The molecule has 0 N–H and O–H groups in total. The molecular formula is C10H16F3NO3. The monoisotopic (exact) mass is 255 g/mol. The fourth-order valence-corrected chi connectivity index (χ4v) is 1.48. The highest BCUT2D eigenvalue weighted by molar-refractivity contribution is 5.71. The Morgan fingerprint density at radius 3 is 2.53 bits per heavy atom. The first-order chi connectivity index (χ1) is 7.92. The van der Waals surface area contributed by atoms with E-state index in [2.05, 4.69) is 4.74 Å². The van der Waals surface area contributed by atoms with Crippen LogP contribution in [0, 0.1) is 0 Å². The highest BCUT2D eigenvalue weighted by Crippen LogP contribution is 2.26. The van der Waals surface area contributed by atoms with Gasteiger partial charge in [0.25, 0.3) is 0 Å². The first kappa shape index (κ1) is 14.2. The molecule has 0 aliphatic heterocycles. The van der Waals surface area contributed by atoms with Crippen LogP contribution in [-0.2, 0) is 14.3 Å². The molecule has 0 amide bonds. The van der Waals surface area contributed by atoms with Crippen LogP contribution in [0.5, 0.6) is 0 Å². The van der Waals surface area contributed by atoms with Crippen molar-refractivity contribution in [1.29, 1.82) is 0 Å². The number of hydrogen-bond donors (Lipinski definition) is 0. The van der Waals surface area contributed by atoms with Gasteiger partial charge in [0.2, 0.25) is 0 Å². The summed E-state index contributed by atoms with van der Waals surface area (Å²) in [6.45, 7) is 1.62. The van der Waals surface area contributed by atoms with Crippen LogP contribution in [-0.4, -0.2) is 49.6 Å². The minimum absolute atomic E-state index is 0.0275. The van der Waals surface area contributed by atoms with Crippen LogP contribution in [0.25, 0.3) is 0 Å². The molecule has 0 heterocycles. The van der Waals surface area contributed by atoms with Crippen molar-refractivity contribution in [1.82, 2.24) is 4.90 Å². The summed E-state index contributed by atoms with van der Waals surface area (Å²) < 4.78 is 43.8. The molecule has 0 saturated heterocycles. The summed E-state index contributed by atoms with van der Waals surface area (Å²) in [5, 5.41) is 0. The molecule has 1 aliphatic rings. The van der Waals surface area contributed by atoms with E-state index in [-0.39, 0.29) is 25.7 Å². The smallest absolute Gasteiger partial charge is 0.465 e. The van der Waals surface area contributed by atoms with Crippen molar-refractivity contribution in [2.75, 3.05) is 26.3 Å². The van der Waals surface area contributed by atoms with E-state index in [0.29, 0.717) is 0 Å². The second kappa shape index (κ2) is 6.20. The van der Waals surface area contributed by atoms with Crippen LogP contribution in [0.4, 0.5) is 13.2 Å². The number of halogens is 3. The Hall–Kier alpha value is -0.820. The molecule has 7 heteroatoms. The van der Waals surface area contributed by atoms with Gasteiger partial charge in [0.15, 0.2) is 0 Å². The molecule has 1 rings (SSSR count). The predicted octanol–water partition coefficient (Wildman–Crippen LogP) is 1.55. The Kier molecular flexibility index (Phi) is 5.20. The molecule has 0 aromatic carbocycles. The fourth-order valence-electron chi connectivity index (χ4n) is 1.48. The third-order valence-electron chi connectivity index (χ3n) is 2.35. The lowest BCUT2D eigenvalue weighted by atomic mass is 10.4. The van der Waals surface area contributed by atoms with Gasteiger partial charge in [-0.1, -0.05) is 0 Å². The number of esters is 1. The number of carbonyl (C=O) groups excluding carboxylic acids is 1. The van der Waals surface area contributed by atoms with E-state index in [1.165, 1.54) is 0 Å². The van der Waals surface area contributed by atoms with E-state index in [1.807, 2.05) is 0 Å². The maximum absolute atomic E-state index is 11.8. The van der Waals surface area contributed by atoms with Gasteiger partial charge in [0.05, 0.1) is 19.8 Å². The Balaban J connectivity index is 2.26. The Morgan fingerprint density at radius 2 is 2.06 bits per heavy atom. The molecule has 0 bridgehead atoms. The number of carbonyl (C=O) groups is 1. The van der Waals surface area contributed by atoms with Crippen molar-refractivity contribution in [2.45, 2.75) is 32.2 Å². The van der Waals surface area contributed by atoms with Crippen LogP contribution < -0.4 is 0 Å². The van der Waals surface area contributed by atoms with Gasteiger partial charge in [-0.05, 0) is 19.8 Å². The second-order valence-electron chi connectivity index (χ2n) is 3.80. The van der Waals surface area contributed by atoms with Crippen molar-refractivity contribution in [3.8, 4) is 0 Å². The van der Waals surface area contributed by atoms with Crippen LogP contribution in [0.15, 0.2) is 0 Å². The zero-order valence-corrected chi connectivity index (χ0v) is 9.63. The van der Waals surface area contributed by atoms with Crippen LogP contribution in [0.2, 0.25) is 0 Å². The average molecular weight is 255 g/mol. The van der Waals surface area contributed by atoms with Crippen molar-refractivity contribution in [2.24, 2.45) is 0 Å². The summed E-state index contributed by atoms with van der Waals surface area (Å²) in [6, 6.07) is 0.191. The van der Waals surface area contributed by atoms with Gasteiger partial charge < -0.3 is 4.74 Å². The first-order valence-corrected chi connectivity index (χ1v) is 5.52. The molecular weight excluding hydrogens is 239 g/mol. The standard InChI is InChI=1S/C10H16F3NO3/c1-2-16-9(15)7-14(8-3-4-8)5-6-17-10(11,12)13/h8H,2-7H2,1H3. The summed E-state index contributed by atoms with van der Waals surface area (Å²) in [5.41, 5.74) is 0. The highest BCUT2D eigenvalue weighted by Gasteiger charge is 2.33.